The van der Waals surface area contributed by atoms with Gasteiger partial charge in [0.05, 0.1) is 18.9 Å². The first-order chi connectivity index (χ1) is 16.1. The number of allylic oxidation sites excluding steroid dienone is 1. The molecule has 33 heavy (non-hydrogen) atoms. The normalized spacial score (nSPS) is 21.5. The van der Waals surface area contributed by atoms with Crippen LogP contribution in [0.15, 0.2) is 70.0 Å². The second kappa shape index (κ2) is 9.43. The highest BCUT2D eigenvalue weighted by Crippen LogP contribution is 2.41. The Labute approximate surface area is 201 Å². The van der Waals surface area contributed by atoms with Crippen molar-refractivity contribution in [2.75, 3.05) is 6.61 Å². The van der Waals surface area contributed by atoms with Crippen molar-refractivity contribution in [2.24, 2.45) is 15.7 Å². The molecule has 0 saturated heterocycles. The molecule has 0 amide bonds. The zero-order valence-electron chi connectivity index (χ0n) is 17.6. The van der Waals surface area contributed by atoms with Gasteiger partial charge in [0.1, 0.15) is 22.4 Å². The van der Waals surface area contributed by atoms with E-state index in [0.717, 1.165) is 11.3 Å². The second-order valence-corrected chi connectivity index (χ2v) is 8.76. The van der Waals surface area contributed by atoms with E-state index in [2.05, 4.69) is 32.9 Å². The zero-order valence-corrected chi connectivity index (χ0v) is 19.1. The zero-order chi connectivity index (χ0) is 22.8. The summed E-state index contributed by atoms with van der Waals surface area (Å²) >= 11 is 12.2. The van der Waals surface area contributed by atoms with Crippen molar-refractivity contribution in [3.8, 4) is 5.75 Å². The number of rotatable bonds is 6. The van der Waals surface area contributed by atoms with Crippen molar-refractivity contribution in [3.63, 3.8) is 0 Å². The molecule has 1 atom stereocenters. The van der Waals surface area contributed by atoms with Gasteiger partial charge in [0, 0.05) is 23.8 Å². The molecule has 1 aromatic carbocycles. The predicted octanol–water partition coefficient (Wildman–Crippen LogP) is 3.83. The molecule has 0 spiro atoms. The number of nitrogens with two attached hydrogens (primary N) is 1. The third kappa shape index (κ3) is 5.13. The number of amidine groups is 1. The lowest BCUT2D eigenvalue weighted by atomic mass is 10.1. The summed E-state index contributed by atoms with van der Waals surface area (Å²) in [5.74, 6) is 2.80. The topological polar surface area (TPSA) is 106 Å². The first-order valence-corrected chi connectivity index (χ1v) is 11.4. The molecule has 170 valence electrons. The van der Waals surface area contributed by atoms with E-state index in [0.29, 0.717) is 52.2 Å². The van der Waals surface area contributed by atoms with Gasteiger partial charge in [-0.2, -0.15) is 0 Å². The van der Waals surface area contributed by atoms with Crippen LogP contribution in [-0.4, -0.2) is 29.7 Å². The van der Waals surface area contributed by atoms with E-state index >= 15 is 0 Å². The van der Waals surface area contributed by atoms with Gasteiger partial charge >= 0.3 is 0 Å². The van der Waals surface area contributed by atoms with Gasteiger partial charge in [0.25, 0.3) is 0 Å². The molecule has 8 nitrogen and oxygen atoms in total. The van der Waals surface area contributed by atoms with E-state index in [1.165, 1.54) is 24.6 Å². The molecule has 1 aliphatic carbocycles. The van der Waals surface area contributed by atoms with Gasteiger partial charge in [0.2, 0.25) is 0 Å². The molecule has 2 aromatic rings. The molecule has 10 heteroatoms. The van der Waals surface area contributed by atoms with Crippen LogP contribution in [0.25, 0.3) is 0 Å². The molecule has 0 radical (unpaired) electrons. The van der Waals surface area contributed by atoms with E-state index in [1.807, 2.05) is 12.1 Å². The van der Waals surface area contributed by atoms with Gasteiger partial charge < -0.3 is 15.8 Å². The van der Waals surface area contributed by atoms with E-state index in [4.69, 9.17) is 43.5 Å². The smallest absolute Gasteiger partial charge is 0.173 e. The first-order valence-electron chi connectivity index (χ1n) is 10.6. The fourth-order valence-corrected chi connectivity index (χ4v) is 4.08. The highest BCUT2D eigenvalue weighted by molar-refractivity contribution is 6.34. The number of benzene rings is 1. The highest BCUT2D eigenvalue weighted by atomic mass is 35.5. The largest absolute Gasteiger partial charge is 0.453 e. The Kier molecular flexibility index (Phi) is 6.22. The quantitative estimate of drug-likeness (QED) is 0.537. The molecule has 1 fully saturated rings. The summed E-state index contributed by atoms with van der Waals surface area (Å²) in [6.07, 6.45) is 7.62. The molecule has 3 aliphatic rings. The number of pyridine rings is 1. The molecule has 0 bridgehead atoms. The summed E-state index contributed by atoms with van der Waals surface area (Å²) < 4.78 is 6.20. The number of ether oxygens (including phenoxy) is 1. The number of hydrogen-bond donors (Lipinski definition) is 3. The fraction of sp³-hybridized carbons (Fsp3) is 0.261. The van der Waals surface area contributed by atoms with Crippen molar-refractivity contribution in [1.82, 2.24) is 15.8 Å². The van der Waals surface area contributed by atoms with E-state index in [9.17, 15) is 0 Å². The van der Waals surface area contributed by atoms with Crippen LogP contribution in [0.2, 0.25) is 10.2 Å². The molecule has 1 unspecified atom stereocenters. The maximum atomic E-state index is 6.31. The Morgan fingerprint density at radius 2 is 2.12 bits per heavy atom. The maximum absolute atomic E-state index is 6.31. The van der Waals surface area contributed by atoms with Crippen LogP contribution in [0.3, 0.4) is 0 Å². The number of nitrogens with zero attached hydrogens (tertiary/aromatic N) is 3. The Bertz CT molecular complexity index is 1190. The minimum atomic E-state index is -0.195. The second-order valence-electron chi connectivity index (χ2n) is 7.97. The lowest BCUT2D eigenvalue weighted by molar-refractivity contribution is 0.0618. The SMILES string of the molecule is N/C=C1/N=CC(Oc2cccc(C3CC3)c2)=C(C2=NC(Cc3cnc(Cl)cc3Cl)CON2)N1. The summed E-state index contributed by atoms with van der Waals surface area (Å²) in [7, 11) is 0. The van der Waals surface area contributed by atoms with Crippen LogP contribution in [0.1, 0.15) is 29.9 Å². The van der Waals surface area contributed by atoms with Gasteiger partial charge in [-0.25, -0.2) is 15.5 Å². The maximum Gasteiger partial charge on any atom is 0.173 e. The van der Waals surface area contributed by atoms with E-state index in [-0.39, 0.29) is 6.04 Å². The molecular weight excluding hydrogens is 463 g/mol. The molecule has 3 heterocycles. The predicted molar refractivity (Wildman–Crippen MR) is 128 cm³/mol. The summed E-state index contributed by atoms with van der Waals surface area (Å²) in [4.78, 5) is 18.8. The number of hydroxylamine groups is 1. The standard InChI is InChI=1S/C23H22Cl2N6O2/c24-18-8-20(25)27-10-15(18)6-16-12-32-31-23(29-16)22-19(11-28-21(9-26)30-22)33-17-3-1-2-14(7-17)13-4-5-13/h1-3,7-11,13,16,30H,4-6,12,26H2,(H,29,31)/b21-9-. The van der Waals surface area contributed by atoms with Crippen molar-refractivity contribution >= 4 is 35.3 Å². The summed E-state index contributed by atoms with van der Waals surface area (Å²) in [5, 5.41) is 4.05. The number of aromatic nitrogens is 1. The lowest BCUT2D eigenvalue weighted by Gasteiger charge is -2.26. The Balaban J connectivity index is 1.43. The van der Waals surface area contributed by atoms with Crippen molar-refractivity contribution in [2.45, 2.75) is 31.2 Å². The first kappa shape index (κ1) is 21.8. The van der Waals surface area contributed by atoms with Crippen LogP contribution in [-0.2, 0) is 11.3 Å². The lowest BCUT2D eigenvalue weighted by Crippen LogP contribution is -2.42. The molecule has 5 rings (SSSR count). The fourth-order valence-electron chi connectivity index (χ4n) is 3.64. The number of halogens is 2. The molecule has 2 aliphatic heterocycles. The summed E-state index contributed by atoms with van der Waals surface area (Å²) in [6.45, 7) is 0.364. The van der Waals surface area contributed by atoms with Crippen LogP contribution < -0.4 is 21.3 Å². The van der Waals surface area contributed by atoms with Gasteiger partial charge in [-0.1, -0.05) is 35.3 Å². The summed E-state index contributed by atoms with van der Waals surface area (Å²) in [5.41, 5.74) is 11.3. The van der Waals surface area contributed by atoms with Gasteiger partial charge in [-0.15, -0.1) is 0 Å². The average Bonchev–Trinajstić information content (AvgIpc) is 3.67. The number of aliphatic imine (C=N–C) groups is 2. The monoisotopic (exact) mass is 484 g/mol. The minimum Gasteiger partial charge on any atom is -0.453 e. The molecule has 1 saturated carbocycles. The van der Waals surface area contributed by atoms with E-state index < -0.39 is 0 Å². The number of hydrogen-bond acceptors (Lipinski definition) is 8. The highest BCUT2D eigenvalue weighted by Gasteiger charge is 2.26. The van der Waals surface area contributed by atoms with Crippen LogP contribution in [0.4, 0.5) is 0 Å². The van der Waals surface area contributed by atoms with Crippen LogP contribution in [0, 0.1) is 0 Å². The van der Waals surface area contributed by atoms with E-state index in [1.54, 1.807) is 18.5 Å². The van der Waals surface area contributed by atoms with Crippen molar-refractivity contribution in [1.29, 1.82) is 0 Å². The van der Waals surface area contributed by atoms with Crippen molar-refractivity contribution in [3.05, 3.63) is 81.3 Å². The summed E-state index contributed by atoms with van der Waals surface area (Å²) in [6, 6.07) is 9.54. The van der Waals surface area contributed by atoms with Gasteiger partial charge in [-0.05, 0) is 48.1 Å². The Hall–Kier alpha value is -3.07. The molecule has 1 aromatic heterocycles. The Morgan fingerprint density at radius 1 is 1.24 bits per heavy atom. The third-order valence-corrected chi connectivity index (χ3v) is 6.02. The molecule has 4 N–H and O–H groups in total. The third-order valence-electron chi connectivity index (χ3n) is 5.46. The van der Waals surface area contributed by atoms with Crippen LogP contribution >= 0.6 is 23.2 Å². The van der Waals surface area contributed by atoms with Gasteiger partial charge in [-0.3, -0.25) is 9.83 Å². The Morgan fingerprint density at radius 3 is 2.91 bits per heavy atom. The molecular formula is C23H22Cl2N6O2. The average molecular weight is 485 g/mol. The number of nitrogens with one attached hydrogen (secondary N) is 2. The van der Waals surface area contributed by atoms with Crippen LogP contribution in [0.5, 0.6) is 5.75 Å². The minimum absolute atomic E-state index is 0.195. The van der Waals surface area contributed by atoms with Gasteiger partial charge in [0.15, 0.2) is 11.6 Å². The van der Waals surface area contributed by atoms with Crippen molar-refractivity contribution < 1.29 is 9.57 Å².